The Morgan fingerprint density at radius 3 is 2.03 bits per heavy atom. The molecule has 3 aromatic rings. The first-order chi connectivity index (χ1) is 18.0. The van der Waals surface area contributed by atoms with Crippen molar-refractivity contribution < 1.29 is 21.6 Å². The van der Waals surface area contributed by atoms with Gasteiger partial charge in [0.25, 0.3) is 26.0 Å². The third-order valence-corrected chi connectivity index (χ3v) is 10.2. The molecule has 1 heterocycles. The first-order valence-corrected chi connectivity index (χ1v) is 16.5. The predicted octanol–water partition coefficient (Wildman–Crippen LogP) is 5.60. The van der Waals surface area contributed by atoms with Crippen LogP contribution in [-0.4, -0.2) is 47.0 Å². The maximum absolute atomic E-state index is 13.1. The second-order valence-electron chi connectivity index (χ2n) is 8.91. The molecule has 1 amide bonds. The maximum Gasteiger partial charge on any atom is 0.261 e. The number of nitrogens with one attached hydrogen (secondary N) is 2. The van der Waals surface area contributed by atoms with E-state index in [4.69, 9.17) is 11.6 Å². The lowest BCUT2D eigenvalue weighted by atomic mass is 10.1. The molecule has 0 atom stereocenters. The number of nitrogens with zero attached hydrogens (tertiary/aromatic N) is 1. The lowest BCUT2D eigenvalue weighted by molar-refractivity contribution is 0.0720. The highest BCUT2D eigenvalue weighted by Gasteiger charge is 2.24. The lowest BCUT2D eigenvalue weighted by Gasteiger charge is -2.27. The van der Waals surface area contributed by atoms with Crippen LogP contribution in [0.5, 0.6) is 0 Å². The molecule has 1 fully saturated rings. The van der Waals surface area contributed by atoms with Crippen LogP contribution in [0, 0.1) is 6.92 Å². The number of rotatable bonds is 8. The minimum absolute atomic E-state index is 0.0455. The van der Waals surface area contributed by atoms with Gasteiger partial charge in [-0.2, -0.15) is 0 Å². The summed E-state index contributed by atoms with van der Waals surface area (Å²) < 4.78 is 56.8. The van der Waals surface area contributed by atoms with Gasteiger partial charge in [0.2, 0.25) is 0 Å². The molecule has 0 bridgehead atoms. The Bertz CT molecular complexity index is 1550. The number of hydrogen-bond donors (Lipinski definition) is 2. The fourth-order valence-electron chi connectivity index (χ4n) is 4.08. The van der Waals surface area contributed by atoms with Gasteiger partial charge in [-0.3, -0.25) is 14.2 Å². The first kappa shape index (κ1) is 28.3. The Balaban J connectivity index is 1.53. The van der Waals surface area contributed by atoms with Crippen LogP contribution in [0.3, 0.4) is 0 Å². The van der Waals surface area contributed by atoms with E-state index < -0.39 is 20.0 Å². The van der Waals surface area contributed by atoms with Crippen molar-refractivity contribution in [1.82, 2.24) is 4.90 Å². The van der Waals surface area contributed by atoms with Gasteiger partial charge in [-0.15, -0.1) is 11.8 Å². The van der Waals surface area contributed by atoms with Gasteiger partial charge in [0.05, 0.1) is 21.0 Å². The van der Waals surface area contributed by atoms with E-state index in [1.54, 1.807) is 23.1 Å². The fourth-order valence-corrected chi connectivity index (χ4v) is 6.96. The van der Waals surface area contributed by atoms with Crippen molar-refractivity contribution >= 4 is 60.7 Å². The summed E-state index contributed by atoms with van der Waals surface area (Å²) in [7, 11) is -7.96. The summed E-state index contributed by atoms with van der Waals surface area (Å²) in [5.41, 5.74) is 1.66. The monoisotopic (exact) mass is 593 g/mol. The molecule has 1 aliphatic heterocycles. The molecule has 1 saturated heterocycles. The van der Waals surface area contributed by atoms with Crippen LogP contribution in [0.2, 0.25) is 5.02 Å². The van der Waals surface area contributed by atoms with E-state index >= 15 is 0 Å². The van der Waals surface area contributed by atoms with E-state index in [0.29, 0.717) is 34.3 Å². The van der Waals surface area contributed by atoms with Gasteiger partial charge < -0.3 is 4.90 Å². The molecule has 0 unspecified atom stereocenters. The molecule has 0 saturated carbocycles. The SMILES string of the molecule is CSc1ccc(S(=O)(=O)Nc2ccc(S(=O)(=O)Nc3ccc(C)c(Cl)c3)cc2)cc1C(=O)N1CCCCC1. The van der Waals surface area contributed by atoms with Gasteiger partial charge in [-0.1, -0.05) is 17.7 Å². The zero-order valence-electron chi connectivity index (χ0n) is 20.9. The van der Waals surface area contributed by atoms with Crippen molar-refractivity contribution in [2.45, 2.75) is 40.9 Å². The summed E-state index contributed by atoms with van der Waals surface area (Å²) in [5.74, 6) is -0.178. The Kier molecular flexibility index (Phi) is 8.61. The van der Waals surface area contributed by atoms with E-state index in [0.717, 1.165) is 24.8 Å². The van der Waals surface area contributed by atoms with Crippen molar-refractivity contribution in [3.8, 4) is 0 Å². The van der Waals surface area contributed by atoms with Gasteiger partial charge >= 0.3 is 0 Å². The average molecular weight is 594 g/mol. The van der Waals surface area contributed by atoms with Crippen LogP contribution >= 0.6 is 23.4 Å². The second kappa shape index (κ2) is 11.6. The minimum atomic E-state index is -4.04. The normalized spacial score (nSPS) is 14.2. The highest BCUT2D eigenvalue weighted by molar-refractivity contribution is 7.98. The molecule has 4 rings (SSSR count). The molecule has 0 spiro atoms. The molecule has 0 radical (unpaired) electrons. The minimum Gasteiger partial charge on any atom is -0.339 e. The first-order valence-electron chi connectivity index (χ1n) is 11.9. The molecule has 1 aliphatic rings. The summed E-state index contributed by atoms with van der Waals surface area (Å²) in [6.07, 6.45) is 4.78. The molecule has 2 N–H and O–H groups in total. The van der Waals surface area contributed by atoms with Crippen molar-refractivity contribution in [3.63, 3.8) is 0 Å². The van der Waals surface area contributed by atoms with Gasteiger partial charge in [0, 0.05) is 28.7 Å². The quantitative estimate of drug-likeness (QED) is 0.329. The Labute approximate surface area is 232 Å². The van der Waals surface area contributed by atoms with Gasteiger partial charge in [0.1, 0.15) is 0 Å². The molecular weight excluding hydrogens is 566 g/mol. The Morgan fingerprint density at radius 1 is 0.816 bits per heavy atom. The van der Waals surface area contributed by atoms with Crippen LogP contribution in [-0.2, 0) is 20.0 Å². The molecule has 0 aliphatic carbocycles. The van der Waals surface area contributed by atoms with Crippen molar-refractivity contribution in [1.29, 1.82) is 0 Å². The van der Waals surface area contributed by atoms with E-state index in [9.17, 15) is 21.6 Å². The molecule has 8 nitrogen and oxygen atoms in total. The summed E-state index contributed by atoms with van der Waals surface area (Å²) in [6, 6.07) is 14.7. The average Bonchev–Trinajstić information content (AvgIpc) is 2.90. The van der Waals surface area contributed by atoms with Gasteiger partial charge in [-0.05, 0) is 92.6 Å². The van der Waals surface area contributed by atoms with Crippen LogP contribution in [0.1, 0.15) is 35.2 Å². The standard InChI is InChI=1S/C26H28ClN3O5S3/c1-18-6-7-20(16-24(18)27)29-37(32,33)21-10-8-19(9-11-21)28-38(34,35)22-12-13-25(36-2)23(17-22)26(31)30-14-4-3-5-15-30/h6-13,16-17,28-29H,3-5,14-15H2,1-2H3. The lowest BCUT2D eigenvalue weighted by Crippen LogP contribution is -2.36. The van der Waals surface area contributed by atoms with E-state index in [-0.39, 0.29) is 21.4 Å². The fraction of sp³-hybridized carbons (Fsp3) is 0.269. The third kappa shape index (κ3) is 6.45. The van der Waals surface area contributed by atoms with Crippen LogP contribution in [0.4, 0.5) is 11.4 Å². The zero-order valence-corrected chi connectivity index (χ0v) is 24.1. The highest BCUT2D eigenvalue weighted by Crippen LogP contribution is 2.28. The number of carbonyl (C=O) groups is 1. The second-order valence-corrected chi connectivity index (χ2v) is 13.5. The van der Waals surface area contributed by atoms with Crippen LogP contribution in [0.25, 0.3) is 0 Å². The Hall–Kier alpha value is -2.73. The number of piperidine rings is 1. The summed E-state index contributed by atoms with van der Waals surface area (Å²) >= 11 is 7.47. The molecule has 202 valence electrons. The number of carbonyl (C=O) groups excluding carboxylic acids is 1. The number of amides is 1. The molecule has 38 heavy (non-hydrogen) atoms. The number of benzene rings is 3. The highest BCUT2D eigenvalue weighted by atomic mass is 35.5. The van der Waals surface area contributed by atoms with E-state index in [2.05, 4.69) is 9.44 Å². The number of anilines is 2. The molecular formula is C26H28ClN3O5S3. The van der Waals surface area contributed by atoms with Crippen LogP contribution < -0.4 is 9.44 Å². The summed E-state index contributed by atoms with van der Waals surface area (Å²) in [6.45, 7) is 3.12. The topological polar surface area (TPSA) is 113 Å². The zero-order chi connectivity index (χ0) is 27.5. The number of likely N-dealkylation sites (tertiary alicyclic amines) is 1. The number of aryl methyl sites for hydroxylation is 1. The number of halogens is 1. The maximum atomic E-state index is 13.1. The molecule has 12 heteroatoms. The van der Waals surface area contributed by atoms with Gasteiger partial charge in [0.15, 0.2) is 0 Å². The molecule has 0 aromatic heterocycles. The Morgan fingerprint density at radius 2 is 1.39 bits per heavy atom. The van der Waals surface area contributed by atoms with Crippen LogP contribution in [0.15, 0.2) is 75.4 Å². The summed E-state index contributed by atoms with van der Waals surface area (Å²) in [4.78, 5) is 15.5. The van der Waals surface area contributed by atoms with Crippen molar-refractivity contribution in [2.24, 2.45) is 0 Å². The largest absolute Gasteiger partial charge is 0.339 e. The summed E-state index contributed by atoms with van der Waals surface area (Å²) in [5, 5.41) is 0.432. The van der Waals surface area contributed by atoms with E-state index in [1.807, 2.05) is 13.2 Å². The predicted molar refractivity (Wildman–Crippen MR) is 152 cm³/mol. The smallest absolute Gasteiger partial charge is 0.261 e. The number of thioether (sulfide) groups is 1. The van der Waals surface area contributed by atoms with Crippen molar-refractivity contribution in [3.05, 3.63) is 76.8 Å². The number of hydrogen-bond acceptors (Lipinski definition) is 6. The van der Waals surface area contributed by atoms with Crippen molar-refractivity contribution in [2.75, 3.05) is 28.8 Å². The van der Waals surface area contributed by atoms with E-state index in [1.165, 1.54) is 54.2 Å². The third-order valence-electron chi connectivity index (χ3n) is 6.20. The number of sulfonamides is 2. The molecule has 3 aromatic carbocycles. The van der Waals surface area contributed by atoms with Gasteiger partial charge in [-0.25, -0.2) is 16.8 Å².